The van der Waals surface area contributed by atoms with Gasteiger partial charge in [0.15, 0.2) is 5.69 Å². The SMILES string of the molecule is N#Cc1ncc(C(F)(F)F)cc1N1CCN(c2ccc(F)cc2)CC1. The standard InChI is InChI=1S/C17H14F4N4/c18-13-1-3-14(4-2-13)24-5-7-25(8-6-24)16-9-12(17(19,20)21)11-23-15(16)10-22/h1-4,9,11H,5-8H2. The molecule has 0 radical (unpaired) electrons. The van der Waals surface area contributed by atoms with Gasteiger partial charge in [-0.25, -0.2) is 9.37 Å². The molecule has 1 saturated heterocycles. The lowest BCUT2D eigenvalue weighted by Crippen LogP contribution is -2.47. The van der Waals surface area contributed by atoms with Crippen molar-refractivity contribution >= 4 is 11.4 Å². The van der Waals surface area contributed by atoms with E-state index in [4.69, 9.17) is 5.26 Å². The maximum absolute atomic E-state index is 13.0. The van der Waals surface area contributed by atoms with Gasteiger partial charge in [-0.1, -0.05) is 0 Å². The highest BCUT2D eigenvalue weighted by Gasteiger charge is 2.33. The number of nitrogens with zero attached hydrogens (tertiary/aromatic N) is 4. The number of anilines is 2. The summed E-state index contributed by atoms with van der Waals surface area (Å²) in [5.41, 5.74) is 0.144. The molecule has 3 rings (SSSR count). The molecule has 130 valence electrons. The van der Waals surface area contributed by atoms with Crippen molar-refractivity contribution < 1.29 is 17.6 Å². The van der Waals surface area contributed by atoms with Gasteiger partial charge in [0.2, 0.25) is 0 Å². The minimum Gasteiger partial charge on any atom is -0.368 e. The van der Waals surface area contributed by atoms with E-state index in [1.165, 1.54) is 12.1 Å². The molecule has 2 aromatic rings. The number of nitriles is 1. The topological polar surface area (TPSA) is 43.2 Å². The quantitative estimate of drug-likeness (QED) is 0.779. The average Bonchev–Trinajstić information content (AvgIpc) is 2.61. The Morgan fingerprint density at radius 1 is 1.00 bits per heavy atom. The number of hydrogen-bond acceptors (Lipinski definition) is 4. The van der Waals surface area contributed by atoms with Crippen molar-refractivity contribution in [2.24, 2.45) is 0 Å². The first kappa shape index (κ1) is 17.0. The summed E-state index contributed by atoms with van der Waals surface area (Å²) in [6, 6.07) is 8.88. The van der Waals surface area contributed by atoms with E-state index in [1.807, 2.05) is 11.0 Å². The number of aromatic nitrogens is 1. The predicted octanol–water partition coefficient (Wildman–Crippen LogP) is 3.44. The molecular formula is C17H14F4N4. The van der Waals surface area contributed by atoms with Crippen molar-refractivity contribution in [2.75, 3.05) is 36.0 Å². The van der Waals surface area contributed by atoms with E-state index in [2.05, 4.69) is 4.98 Å². The summed E-state index contributed by atoms with van der Waals surface area (Å²) in [7, 11) is 0. The molecule has 1 fully saturated rings. The van der Waals surface area contributed by atoms with Crippen LogP contribution in [-0.2, 0) is 6.18 Å². The van der Waals surface area contributed by atoms with Crippen molar-refractivity contribution in [3.05, 3.63) is 53.6 Å². The molecule has 2 heterocycles. The Balaban J connectivity index is 1.78. The third-order valence-electron chi connectivity index (χ3n) is 4.11. The summed E-state index contributed by atoms with van der Waals surface area (Å²) >= 11 is 0. The highest BCUT2D eigenvalue weighted by molar-refractivity contribution is 5.59. The van der Waals surface area contributed by atoms with Gasteiger partial charge in [0.1, 0.15) is 11.9 Å². The number of piperazine rings is 1. The zero-order valence-electron chi connectivity index (χ0n) is 13.1. The first-order chi connectivity index (χ1) is 11.9. The molecule has 1 aliphatic rings. The van der Waals surface area contributed by atoms with Crippen molar-refractivity contribution in [2.45, 2.75) is 6.18 Å². The van der Waals surface area contributed by atoms with Gasteiger partial charge in [0.25, 0.3) is 0 Å². The van der Waals surface area contributed by atoms with Crippen LogP contribution in [0.2, 0.25) is 0 Å². The van der Waals surface area contributed by atoms with Gasteiger partial charge < -0.3 is 9.80 Å². The van der Waals surface area contributed by atoms with E-state index < -0.39 is 11.7 Å². The predicted molar refractivity (Wildman–Crippen MR) is 84.8 cm³/mol. The molecule has 0 spiro atoms. The lowest BCUT2D eigenvalue weighted by atomic mass is 10.1. The summed E-state index contributed by atoms with van der Waals surface area (Å²) in [5, 5.41) is 9.13. The van der Waals surface area contributed by atoms with Crippen molar-refractivity contribution in [3.8, 4) is 6.07 Å². The van der Waals surface area contributed by atoms with Crippen LogP contribution in [0.15, 0.2) is 36.5 Å². The molecule has 0 aliphatic carbocycles. The van der Waals surface area contributed by atoms with Crippen LogP contribution in [0.5, 0.6) is 0 Å². The van der Waals surface area contributed by atoms with Crippen molar-refractivity contribution in [1.82, 2.24) is 4.98 Å². The Morgan fingerprint density at radius 2 is 1.60 bits per heavy atom. The molecule has 0 bridgehead atoms. The van der Waals surface area contributed by atoms with Crippen LogP contribution in [0, 0.1) is 17.1 Å². The van der Waals surface area contributed by atoms with Gasteiger partial charge in [-0.3, -0.25) is 0 Å². The highest BCUT2D eigenvalue weighted by atomic mass is 19.4. The zero-order valence-corrected chi connectivity index (χ0v) is 13.1. The van der Waals surface area contributed by atoms with Crippen molar-refractivity contribution in [3.63, 3.8) is 0 Å². The zero-order chi connectivity index (χ0) is 18.0. The third kappa shape index (κ3) is 3.65. The van der Waals surface area contributed by atoms with Crippen LogP contribution < -0.4 is 9.80 Å². The highest BCUT2D eigenvalue weighted by Crippen LogP contribution is 2.32. The molecular weight excluding hydrogens is 336 g/mol. The monoisotopic (exact) mass is 350 g/mol. The number of pyridine rings is 1. The molecule has 0 atom stereocenters. The minimum atomic E-state index is -4.51. The summed E-state index contributed by atoms with van der Waals surface area (Å²) in [4.78, 5) is 7.39. The van der Waals surface area contributed by atoms with Crippen LogP contribution in [0.25, 0.3) is 0 Å². The molecule has 25 heavy (non-hydrogen) atoms. The van der Waals surface area contributed by atoms with E-state index in [9.17, 15) is 17.6 Å². The van der Waals surface area contributed by atoms with Crippen LogP contribution in [0.4, 0.5) is 28.9 Å². The Hall–Kier alpha value is -2.82. The molecule has 0 N–H and O–H groups in total. The fraction of sp³-hybridized carbons (Fsp3) is 0.294. The Kier molecular flexibility index (Phi) is 4.49. The second kappa shape index (κ2) is 6.59. The largest absolute Gasteiger partial charge is 0.417 e. The average molecular weight is 350 g/mol. The number of alkyl halides is 3. The van der Waals surface area contributed by atoms with Gasteiger partial charge in [-0.05, 0) is 30.3 Å². The fourth-order valence-corrected chi connectivity index (χ4v) is 2.79. The maximum atomic E-state index is 13.0. The minimum absolute atomic E-state index is 0.0248. The van der Waals surface area contributed by atoms with Gasteiger partial charge >= 0.3 is 6.18 Å². The smallest absolute Gasteiger partial charge is 0.368 e. The Morgan fingerprint density at radius 3 is 2.16 bits per heavy atom. The molecule has 8 heteroatoms. The van der Waals surface area contributed by atoms with E-state index in [0.717, 1.165) is 11.8 Å². The van der Waals surface area contributed by atoms with Crippen LogP contribution in [-0.4, -0.2) is 31.2 Å². The molecule has 4 nitrogen and oxygen atoms in total. The van der Waals surface area contributed by atoms with Gasteiger partial charge in [0.05, 0.1) is 11.3 Å². The lowest BCUT2D eigenvalue weighted by Gasteiger charge is -2.37. The fourth-order valence-electron chi connectivity index (χ4n) is 2.79. The second-order valence-corrected chi connectivity index (χ2v) is 5.65. The Bertz CT molecular complexity index is 788. The first-order valence-electron chi connectivity index (χ1n) is 7.61. The van der Waals surface area contributed by atoms with E-state index in [0.29, 0.717) is 32.4 Å². The van der Waals surface area contributed by atoms with E-state index in [-0.39, 0.29) is 17.2 Å². The Labute approximate surface area is 141 Å². The number of hydrogen-bond donors (Lipinski definition) is 0. The van der Waals surface area contributed by atoms with Crippen LogP contribution in [0.1, 0.15) is 11.3 Å². The summed E-state index contributed by atoms with van der Waals surface area (Å²) in [5.74, 6) is -0.323. The van der Waals surface area contributed by atoms with Gasteiger partial charge in [-0.2, -0.15) is 18.4 Å². The summed E-state index contributed by atoms with van der Waals surface area (Å²) in [6.45, 7) is 1.98. The van der Waals surface area contributed by atoms with E-state index >= 15 is 0 Å². The van der Waals surface area contributed by atoms with Crippen LogP contribution in [0.3, 0.4) is 0 Å². The number of benzene rings is 1. The number of rotatable bonds is 2. The maximum Gasteiger partial charge on any atom is 0.417 e. The van der Waals surface area contributed by atoms with E-state index in [1.54, 1.807) is 17.0 Å². The first-order valence-corrected chi connectivity index (χ1v) is 7.61. The second-order valence-electron chi connectivity index (χ2n) is 5.65. The van der Waals surface area contributed by atoms with Crippen LogP contribution >= 0.6 is 0 Å². The molecule has 0 saturated carbocycles. The summed E-state index contributed by atoms with van der Waals surface area (Å²) in [6.07, 6.45) is -3.83. The van der Waals surface area contributed by atoms with Gasteiger partial charge in [0, 0.05) is 38.1 Å². The molecule has 1 aromatic heterocycles. The lowest BCUT2D eigenvalue weighted by molar-refractivity contribution is -0.137. The molecule has 0 amide bonds. The normalized spacial score (nSPS) is 15.2. The molecule has 1 aliphatic heterocycles. The summed E-state index contributed by atoms with van der Waals surface area (Å²) < 4.78 is 51.7. The third-order valence-corrected chi connectivity index (χ3v) is 4.11. The van der Waals surface area contributed by atoms with Gasteiger partial charge in [-0.15, -0.1) is 0 Å². The molecule has 1 aromatic carbocycles. The molecule has 0 unspecified atom stereocenters. The van der Waals surface area contributed by atoms with Crippen molar-refractivity contribution in [1.29, 1.82) is 5.26 Å². The number of halogens is 4.